The van der Waals surface area contributed by atoms with Crippen LogP contribution in [0, 0.1) is 30.6 Å². The lowest BCUT2D eigenvalue weighted by Gasteiger charge is -2.40. The lowest BCUT2D eigenvalue weighted by Crippen LogP contribution is -2.34. The predicted molar refractivity (Wildman–Crippen MR) is 342 cm³/mol. The van der Waals surface area contributed by atoms with Gasteiger partial charge in [0.05, 0.1) is 0 Å². The molecule has 7 aliphatic rings. The molecule has 1 spiro atoms. The van der Waals surface area contributed by atoms with Crippen LogP contribution in [0.25, 0.3) is 16.7 Å². The van der Waals surface area contributed by atoms with Gasteiger partial charge in [-0.15, -0.1) is 0 Å². The van der Waals surface area contributed by atoms with Gasteiger partial charge in [0.1, 0.15) is 0 Å². The summed E-state index contributed by atoms with van der Waals surface area (Å²) < 4.78 is 0. The first-order chi connectivity index (χ1) is 37.5. The van der Waals surface area contributed by atoms with Gasteiger partial charge in [0, 0.05) is 17.3 Å². The molecule has 0 saturated carbocycles. The maximum atomic E-state index is 4.02. The Labute approximate surface area is 470 Å². The summed E-state index contributed by atoms with van der Waals surface area (Å²) in [6.45, 7) is 28.1. The molecule has 404 valence electrons. The molecule has 0 radical (unpaired) electrons. The summed E-state index contributed by atoms with van der Waals surface area (Å²) in [6, 6.07) is 36.6. The van der Waals surface area contributed by atoms with Gasteiger partial charge in [-0.1, -0.05) is 266 Å². The standard InChI is InChI=1S/C28H32.C15H20.C12H12.C11H14.C9H12.C2H6/c1-3-21-13-11-18-26-27(21)20(2)12-5-4-10-19-28(26)24-16-8-6-14-22(24)23-15-7-9-17-25(23)28;1-11-7-4-5-10-14(11)15-12(2)8-6-9-13(15)3;1-3-7-11(8-4-1)12-9-5-2-6-10-12;1-9(2)10(3)11-7-5-4-6-8-11;1-3-9-6-4-5-8(2)7-9;1-2/h4-5,10-14,18-19,24H,3,6-9,15-17H2,1-2H3;5-6,8-10,12,15H,4,7H2,1-3H3;1-5,7-9H,6,10H2;4-9H,3H2,1-2H3;4-7H,3H2,1-2H3;1-2H3/b5-4-,19-10?,20-12+;;;;;. The van der Waals surface area contributed by atoms with Gasteiger partial charge in [0.15, 0.2) is 0 Å². The van der Waals surface area contributed by atoms with Gasteiger partial charge in [-0.25, -0.2) is 0 Å². The van der Waals surface area contributed by atoms with Crippen molar-refractivity contribution in [3.63, 3.8) is 0 Å². The summed E-state index contributed by atoms with van der Waals surface area (Å²) in [4.78, 5) is 0. The fourth-order valence-corrected chi connectivity index (χ4v) is 12.6. The van der Waals surface area contributed by atoms with Crippen molar-refractivity contribution in [3.05, 3.63) is 267 Å². The molecule has 4 aromatic rings. The number of allylic oxidation sites excluding steroid dienone is 23. The van der Waals surface area contributed by atoms with E-state index in [0.717, 1.165) is 12.8 Å². The zero-order valence-electron chi connectivity index (χ0n) is 49.6. The van der Waals surface area contributed by atoms with Gasteiger partial charge >= 0.3 is 0 Å². The van der Waals surface area contributed by atoms with E-state index >= 15 is 0 Å². The normalized spacial score (nSPS) is 22.6. The Morgan fingerprint density at radius 3 is 2.06 bits per heavy atom. The molecule has 0 heterocycles. The average molecular weight is 1020 g/mol. The molecule has 0 saturated heterocycles. The number of hydrogen-bond donors (Lipinski definition) is 0. The molecule has 4 aromatic carbocycles. The highest BCUT2D eigenvalue weighted by Crippen LogP contribution is 2.61. The molecule has 0 fully saturated rings. The Kier molecular flexibility index (Phi) is 23.9. The Hall–Kier alpha value is -6.24. The van der Waals surface area contributed by atoms with Crippen molar-refractivity contribution in [1.29, 1.82) is 0 Å². The van der Waals surface area contributed by atoms with Gasteiger partial charge in [-0.05, 0) is 190 Å². The zero-order chi connectivity index (χ0) is 55.2. The van der Waals surface area contributed by atoms with Gasteiger partial charge in [0.25, 0.3) is 0 Å². The zero-order valence-corrected chi connectivity index (χ0v) is 49.6. The topological polar surface area (TPSA) is 0 Å². The lowest BCUT2D eigenvalue weighted by atomic mass is 9.62. The lowest BCUT2D eigenvalue weighted by molar-refractivity contribution is 0.400. The number of rotatable bonds is 6. The second kappa shape index (κ2) is 30.6. The molecule has 0 nitrogen and oxygen atoms in total. The highest BCUT2D eigenvalue weighted by Gasteiger charge is 2.51. The van der Waals surface area contributed by atoms with Crippen molar-refractivity contribution in [2.45, 2.75) is 165 Å². The number of aryl methyl sites for hydroxylation is 3. The molecule has 7 aliphatic carbocycles. The monoisotopic (exact) mass is 1020 g/mol. The molecule has 0 bridgehead atoms. The van der Waals surface area contributed by atoms with Crippen molar-refractivity contribution in [2.75, 3.05) is 0 Å². The molecule has 0 aliphatic heterocycles. The van der Waals surface area contributed by atoms with Crippen LogP contribution in [0.2, 0.25) is 0 Å². The fraction of sp³-hybridized carbons (Fsp3) is 0.377. The van der Waals surface area contributed by atoms with Gasteiger partial charge < -0.3 is 0 Å². The second-order valence-electron chi connectivity index (χ2n) is 22.2. The number of benzene rings is 4. The van der Waals surface area contributed by atoms with Crippen molar-refractivity contribution in [2.24, 2.45) is 23.7 Å². The van der Waals surface area contributed by atoms with E-state index in [0.29, 0.717) is 23.7 Å². The van der Waals surface area contributed by atoms with Crippen molar-refractivity contribution in [1.82, 2.24) is 0 Å². The quantitative estimate of drug-likeness (QED) is 0.181. The molecule has 77 heavy (non-hydrogen) atoms. The van der Waals surface area contributed by atoms with E-state index in [1.165, 1.54) is 126 Å². The van der Waals surface area contributed by atoms with Gasteiger partial charge in [-0.2, -0.15) is 0 Å². The van der Waals surface area contributed by atoms with Crippen LogP contribution in [0.3, 0.4) is 0 Å². The average Bonchev–Trinajstić information content (AvgIpc) is 4.08. The van der Waals surface area contributed by atoms with Crippen molar-refractivity contribution >= 4 is 16.7 Å². The van der Waals surface area contributed by atoms with Crippen LogP contribution in [0.4, 0.5) is 0 Å². The largest absolute Gasteiger partial charge is 0.0950 e. The maximum absolute atomic E-state index is 4.02. The highest BCUT2D eigenvalue weighted by molar-refractivity contribution is 5.76. The fourth-order valence-electron chi connectivity index (χ4n) is 12.6. The smallest absolute Gasteiger partial charge is 0.0424 e. The predicted octanol–water partition coefficient (Wildman–Crippen LogP) is 22.4. The molecule has 0 heteroatoms. The number of fused-ring (bicyclic) bond motifs is 6. The summed E-state index contributed by atoms with van der Waals surface area (Å²) >= 11 is 0. The molecule has 0 aromatic heterocycles. The minimum absolute atomic E-state index is 0.0618. The van der Waals surface area contributed by atoms with Gasteiger partial charge in [-0.3, -0.25) is 0 Å². The molecule has 4 atom stereocenters. The molecule has 0 N–H and O–H groups in total. The van der Waals surface area contributed by atoms with Gasteiger partial charge in [0.2, 0.25) is 0 Å². The van der Waals surface area contributed by atoms with Crippen LogP contribution in [-0.2, 0) is 18.3 Å². The van der Waals surface area contributed by atoms with E-state index < -0.39 is 0 Å². The Balaban J connectivity index is 0.000000167. The second-order valence-corrected chi connectivity index (χ2v) is 22.2. The summed E-state index contributed by atoms with van der Waals surface area (Å²) in [7, 11) is 0. The molecule has 4 unspecified atom stereocenters. The van der Waals surface area contributed by atoms with Crippen LogP contribution >= 0.6 is 0 Å². The van der Waals surface area contributed by atoms with E-state index in [1.807, 2.05) is 32.0 Å². The SMILES string of the molecule is C1=CCCC(c2ccccc2)=C1.C=C(c1ccccc1)C(C)C.CC.CC1=CC=CC(C)C1C1=C(C)CCC=C1.CCc1cccc(C)c1.CCc1cccc2c1/C(C)=C/C=C\C=CC21C2=C(CCCC2)C2=CCCCC21. The summed E-state index contributed by atoms with van der Waals surface area (Å²) in [5.74, 6) is 2.43. The van der Waals surface area contributed by atoms with Crippen LogP contribution < -0.4 is 0 Å². The third-order valence-corrected chi connectivity index (χ3v) is 16.7. The molecular weight excluding hydrogens is 925 g/mol. The highest BCUT2D eigenvalue weighted by atomic mass is 14.5. The Bertz CT molecular complexity index is 2900. The molecule has 11 rings (SSSR count). The minimum Gasteiger partial charge on any atom is -0.0950 e. The van der Waals surface area contributed by atoms with E-state index in [9.17, 15) is 0 Å². The Morgan fingerprint density at radius 1 is 0.675 bits per heavy atom. The van der Waals surface area contributed by atoms with E-state index in [2.05, 4.69) is 239 Å². The van der Waals surface area contributed by atoms with E-state index in [-0.39, 0.29) is 5.41 Å². The first-order valence-electron chi connectivity index (χ1n) is 30.0. The first kappa shape index (κ1) is 60.0. The Morgan fingerprint density at radius 2 is 1.40 bits per heavy atom. The van der Waals surface area contributed by atoms with E-state index in [4.69, 9.17) is 0 Å². The van der Waals surface area contributed by atoms with Crippen LogP contribution in [0.5, 0.6) is 0 Å². The first-order valence-corrected chi connectivity index (χ1v) is 30.0. The van der Waals surface area contributed by atoms with Crippen LogP contribution in [0.15, 0.2) is 228 Å². The van der Waals surface area contributed by atoms with Crippen LogP contribution in [0.1, 0.15) is 179 Å². The molecular formula is C77H96. The summed E-state index contributed by atoms with van der Waals surface area (Å²) in [5.41, 5.74) is 24.0. The van der Waals surface area contributed by atoms with E-state index in [1.54, 1.807) is 33.4 Å². The molecule has 0 amide bonds. The number of hydrogen-bond acceptors (Lipinski definition) is 0. The third-order valence-electron chi connectivity index (χ3n) is 16.7. The summed E-state index contributed by atoms with van der Waals surface area (Å²) in [6.07, 6.45) is 48.6. The maximum Gasteiger partial charge on any atom is 0.0424 e. The minimum atomic E-state index is 0.0618. The van der Waals surface area contributed by atoms with Crippen molar-refractivity contribution < 1.29 is 0 Å². The van der Waals surface area contributed by atoms with Crippen molar-refractivity contribution in [3.8, 4) is 0 Å². The third kappa shape index (κ3) is 15.5. The summed E-state index contributed by atoms with van der Waals surface area (Å²) in [5, 5.41) is 0. The van der Waals surface area contributed by atoms with Crippen LogP contribution in [-0.4, -0.2) is 0 Å².